The lowest BCUT2D eigenvalue weighted by Gasteiger charge is -2.29. The quantitative estimate of drug-likeness (QED) is 0.0255. The van der Waals surface area contributed by atoms with Crippen molar-refractivity contribution in [1.82, 2.24) is 42.5 Å². The number of carbonyl (C=O) groups excluding carboxylic acids is 9. The van der Waals surface area contributed by atoms with Crippen molar-refractivity contribution < 1.29 is 78.3 Å². The zero-order valence-electron chi connectivity index (χ0n) is 49.6. The highest BCUT2D eigenvalue weighted by Crippen LogP contribution is 2.18. The van der Waals surface area contributed by atoms with Crippen LogP contribution >= 0.6 is 11.8 Å². The molecule has 19 N–H and O–H groups in total. The Balaban J connectivity index is 1.64. The Morgan fingerprint density at radius 1 is 0.461 bits per heavy atom. The van der Waals surface area contributed by atoms with Gasteiger partial charge in [0.25, 0.3) is 0 Å². The second-order valence-electron chi connectivity index (χ2n) is 21.4. The molecule has 0 aliphatic carbocycles. The Hall–Kier alpha value is -9.28. The summed E-state index contributed by atoms with van der Waals surface area (Å²) in [5.74, 6) is -12.6. The van der Waals surface area contributed by atoms with Gasteiger partial charge in [-0.15, -0.1) is 0 Å². The molecule has 27 nitrogen and oxygen atoms in total. The van der Waals surface area contributed by atoms with Gasteiger partial charge in [0.1, 0.15) is 65.6 Å². The van der Waals surface area contributed by atoms with Crippen LogP contribution in [0.5, 0.6) is 17.2 Å². The SMILES string of the molecule is CC[C@H](C)[C@H](NC(=O)[C@H](CC(N)=O)NC(=O)[C@@H](N)Cc1ccccc1)C(=O)N[C@@H](CCCCN)C(=O)N[C@@H](CC(=O)O)C(=O)N[C@@H](Cc1ccc(O)cc1)C(=O)N[C@@H](Cc1ccc(O)cc1)C(=O)N[C@@H](CCSC)C(=O)N[C@@H](Cc1ccc(O)cc1)C(=O)O. The number of phenolic OH excluding ortho intramolecular Hbond substituents is 3. The molecule has 28 heteroatoms. The molecule has 0 radical (unpaired) electrons. The summed E-state index contributed by atoms with van der Waals surface area (Å²) in [6.07, 6.45) is -0.137. The highest BCUT2D eigenvalue weighted by Gasteiger charge is 2.37. The van der Waals surface area contributed by atoms with E-state index in [-0.39, 0.29) is 75.2 Å². The smallest absolute Gasteiger partial charge is 0.326 e. The third kappa shape index (κ3) is 25.2. The number of hydrogen-bond donors (Lipinski definition) is 16. The highest BCUT2D eigenvalue weighted by molar-refractivity contribution is 7.98. The number of aromatic hydroxyl groups is 3. The molecule has 4 aromatic carbocycles. The number of hydrogen-bond acceptors (Lipinski definition) is 17. The number of phenols is 3. The summed E-state index contributed by atoms with van der Waals surface area (Å²) in [5, 5.41) is 70.2. The first-order valence-electron chi connectivity index (χ1n) is 28.8. The maximum atomic E-state index is 14.7. The van der Waals surface area contributed by atoms with E-state index < -0.39 is 138 Å². The van der Waals surface area contributed by atoms with Crippen LogP contribution in [0, 0.1) is 5.92 Å². The van der Waals surface area contributed by atoms with Gasteiger partial charge in [-0.3, -0.25) is 47.9 Å². The third-order valence-electron chi connectivity index (χ3n) is 14.3. The standard InChI is InChI=1S/C61H81N11O16S/c1-4-34(2)52(72-59(85)47(32-50(64)76)67-53(79)42(63)28-35-10-6-5-7-11-35)60(86)66-43(12-8-9-26-62)54(80)70-48(33-51(77)78)58(84)69-46(30-37-15-21-40(74)22-16-37)57(83)68-45(29-36-13-19-39(73)20-14-36)56(82)65-44(25-27-89-3)55(81)71-49(61(87)88)31-38-17-23-41(75)24-18-38/h5-7,10-11,13-24,34,42-49,52,73-75H,4,8-9,12,25-33,62-63H2,1-3H3,(H2,64,76)(H,65,82)(H,66,86)(H,67,79)(H,68,83)(H,69,84)(H,70,80)(H,71,81)(H,72,85)(H,77,78)(H,87,88)/t34-,42-,43-,44-,45-,46-,47-,48-,49-,52-/m0/s1. The van der Waals surface area contributed by atoms with Crippen LogP contribution in [-0.4, -0.2) is 164 Å². The van der Waals surface area contributed by atoms with Gasteiger partial charge in [-0.25, -0.2) is 4.79 Å². The van der Waals surface area contributed by atoms with E-state index in [1.165, 1.54) is 84.6 Å². The molecule has 9 amide bonds. The number of carbonyl (C=O) groups is 11. The molecule has 0 saturated heterocycles. The van der Waals surface area contributed by atoms with Crippen molar-refractivity contribution in [2.45, 2.75) is 139 Å². The van der Waals surface area contributed by atoms with Crippen molar-refractivity contribution in [3.05, 3.63) is 125 Å². The average Bonchev–Trinajstić information content (AvgIpc) is 2.61. The van der Waals surface area contributed by atoms with Crippen LogP contribution in [0.4, 0.5) is 0 Å². The lowest BCUT2D eigenvalue weighted by Crippen LogP contribution is -2.61. The lowest BCUT2D eigenvalue weighted by atomic mass is 9.96. The number of nitrogens with two attached hydrogens (primary N) is 3. The molecule has 0 heterocycles. The van der Waals surface area contributed by atoms with E-state index in [4.69, 9.17) is 17.2 Å². The van der Waals surface area contributed by atoms with Gasteiger partial charge >= 0.3 is 11.9 Å². The van der Waals surface area contributed by atoms with Crippen molar-refractivity contribution >= 4 is 76.9 Å². The zero-order valence-corrected chi connectivity index (χ0v) is 50.5. The van der Waals surface area contributed by atoms with Crippen molar-refractivity contribution in [2.75, 3.05) is 18.6 Å². The number of aliphatic carboxylic acids is 2. The molecular formula is C61H81N11O16S. The van der Waals surface area contributed by atoms with Gasteiger partial charge in [0, 0.05) is 19.3 Å². The van der Waals surface area contributed by atoms with E-state index in [9.17, 15) is 78.3 Å². The number of primary amides is 1. The Morgan fingerprint density at radius 3 is 1.29 bits per heavy atom. The summed E-state index contributed by atoms with van der Waals surface area (Å²) in [4.78, 5) is 150. The van der Waals surface area contributed by atoms with Gasteiger partial charge in [-0.1, -0.05) is 87.0 Å². The number of carboxylic acids is 2. The molecule has 4 aromatic rings. The Bertz CT molecular complexity index is 3030. The first kappa shape index (κ1) is 72.2. The molecule has 89 heavy (non-hydrogen) atoms. The van der Waals surface area contributed by atoms with Gasteiger partial charge in [-0.05, 0) is 115 Å². The molecule has 0 aliphatic heterocycles. The van der Waals surface area contributed by atoms with E-state index in [1.807, 2.05) is 0 Å². The number of benzene rings is 4. The van der Waals surface area contributed by atoms with Gasteiger partial charge in [0.15, 0.2) is 0 Å². The van der Waals surface area contributed by atoms with Gasteiger partial charge in [-0.2, -0.15) is 11.8 Å². The summed E-state index contributed by atoms with van der Waals surface area (Å²) in [7, 11) is 0. The first-order valence-corrected chi connectivity index (χ1v) is 30.2. The van der Waals surface area contributed by atoms with E-state index in [2.05, 4.69) is 42.5 Å². The number of unbranched alkanes of at least 4 members (excludes halogenated alkanes) is 1. The van der Waals surface area contributed by atoms with Crippen LogP contribution in [0.25, 0.3) is 0 Å². The molecular weight excluding hydrogens is 1170 g/mol. The summed E-state index contributed by atoms with van der Waals surface area (Å²) in [5.41, 5.74) is 19.3. The third-order valence-corrected chi connectivity index (χ3v) is 15.0. The fourth-order valence-electron chi connectivity index (χ4n) is 9.10. The monoisotopic (exact) mass is 1260 g/mol. The maximum absolute atomic E-state index is 14.7. The van der Waals surface area contributed by atoms with Crippen LogP contribution in [0.3, 0.4) is 0 Å². The van der Waals surface area contributed by atoms with E-state index in [0.29, 0.717) is 34.4 Å². The van der Waals surface area contributed by atoms with E-state index >= 15 is 0 Å². The first-order chi connectivity index (χ1) is 42.3. The molecule has 10 atom stereocenters. The number of carboxylic acid groups (broad SMARTS) is 2. The minimum atomic E-state index is -1.96. The summed E-state index contributed by atoms with van der Waals surface area (Å²) in [6, 6.07) is 11.6. The normalized spacial score (nSPS) is 14.4. The predicted molar refractivity (Wildman–Crippen MR) is 328 cm³/mol. The van der Waals surface area contributed by atoms with Crippen LogP contribution < -0.4 is 59.7 Å². The number of rotatable bonds is 38. The Labute approximate surface area is 518 Å². The lowest BCUT2D eigenvalue weighted by molar-refractivity contribution is -0.142. The van der Waals surface area contributed by atoms with Crippen LogP contribution in [-0.2, 0) is 78.4 Å². The second-order valence-corrected chi connectivity index (χ2v) is 22.4. The van der Waals surface area contributed by atoms with Crippen molar-refractivity contribution in [3.8, 4) is 17.2 Å². The minimum absolute atomic E-state index is 0.0151. The zero-order chi connectivity index (χ0) is 65.7. The molecule has 482 valence electrons. The fraction of sp³-hybridized carbons (Fsp3) is 0.426. The Morgan fingerprint density at radius 2 is 0.843 bits per heavy atom. The summed E-state index contributed by atoms with van der Waals surface area (Å²) < 4.78 is 0. The maximum Gasteiger partial charge on any atom is 0.326 e. The van der Waals surface area contributed by atoms with Gasteiger partial charge in [0.05, 0.1) is 18.9 Å². The van der Waals surface area contributed by atoms with Crippen molar-refractivity contribution in [3.63, 3.8) is 0 Å². The predicted octanol–water partition coefficient (Wildman–Crippen LogP) is -0.357. The molecule has 0 aliphatic rings. The van der Waals surface area contributed by atoms with Gasteiger partial charge in [0.2, 0.25) is 53.2 Å². The molecule has 0 bridgehead atoms. The topological polar surface area (TPSA) is 463 Å². The van der Waals surface area contributed by atoms with Crippen LogP contribution in [0.15, 0.2) is 103 Å². The molecule has 0 fully saturated rings. The molecule has 0 saturated carbocycles. The second kappa shape index (κ2) is 36.8. The largest absolute Gasteiger partial charge is 0.508 e. The number of thioether (sulfide) groups is 1. The van der Waals surface area contributed by atoms with Crippen molar-refractivity contribution in [2.24, 2.45) is 23.1 Å². The minimum Gasteiger partial charge on any atom is -0.508 e. The molecule has 4 rings (SSSR count). The van der Waals surface area contributed by atoms with Crippen molar-refractivity contribution in [1.29, 1.82) is 0 Å². The molecule has 0 aromatic heterocycles. The Kier molecular flexibility index (Phi) is 29.8. The van der Waals surface area contributed by atoms with Gasteiger partial charge < -0.3 is 85.3 Å². The summed E-state index contributed by atoms with van der Waals surface area (Å²) >= 11 is 1.32. The molecule has 0 spiro atoms. The van der Waals surface area contributed by atoms with Crippen LogP contribution in [0.1, 0.15) is 81.0 Å². The highest BCUT2D eigenvalue weighted by atomic mass is 32.2. The fourth-order valence-corrected chi connectivity index (χ4v) is 9.57. The van der Waals surface area contributed by atoms with E-state index in [1.54, 1.807) is 50.4 Å². The summed E-state index contributed by atoms with van der Waals surface area (Å²) in [6.45, 7) is 3.47. The van der Waals surface area contributed by atoms with E-state index in [0.717, 1.165) is 0 Å². The average molecular weight is 1260 g/mol. The molecule has 0 unspecified atom stereocenters. The number of amides is 9. The number of nitrogens with one attached hydrogen (secondary N) is 8. The van der Waals surface area contributed by atoms with Crippen LogP contribution in [0.2, 0.25) is 0 Å².